The van der Waals surface area contributed by atoms with Gasteiger partial charge in [-0.25, -0.2) is 9.78 Å². The summed E-state index contributed by atoms with van der Waals surface area (Å²) in [5.41, 5.74) is 4.56. The fourth-order valence-electron chi connectivity index (χ4n) is 4.00. The number of fused-ring (bicyclic) bond motifs is 1. The lowest BCUT2D eigenvalue weighted by atomic mass is 9.96. The third kappa shape index (κ3) is 3.14. The summed E-state index contributed by atoms with van der Waals surface area (Å²) < 4.78 is 7.05. The molecule has 0 aliphatic carbocycles. The Labute approximate surface area is 165 Å². The molecule has 6 heteroatoms. The van der Waals surface area contributed by atoms with Crippen LogP contribution >= 0.6 is 0 Å². The predicted octanol–water partition coefficient (Wildman–Crippen LogP) is 3.09. The van der Waals surface area contributed by atoms with Gasteiger partial charge in [-0.05, 0) is 49.4 Å². The number of benzene rings is 1. The van der Waals surface area contributed by atoms with Gasteiger partial charge in [-0.15, -0.1) is 0 Å². The first-order valence-corrected chi connectivity index (χ1v) is 9.56. The predicted molar refractivity (Wildman–Crippen MR) is 112 cm³/mol. The van der Waals surface area contributed by atoms with Crippen molar-refractivity contribution in [3.05, 3.63) is 47.8 Å². The summed E-state index contributed by atoms with van der Waals surface area (Å²) in [6.07, 6.45) is 3.93. The van der Waals surface area contributed by atoms with E-state index in [2.05, 4.69) is 35.0 Å². The van der Waals surface area contributed by atoms with Crippen LogP contribution in [-0.2, 0) is 11.8 Å². The summed E-state index contributed by atoms with van der Waals surface area (Å²) in [6, 6.07) is 8.19. The van der Waals surface area contributed by atoms with Crippen LogP contribution in [0.4, 0.5) is 5.82 Å². The second-order valence-electron chi connectivity index (χ2n) is 7.47. The number of anilines is 1. The largest absolute Gasteiger partial charge is 0.465 e. The molecule has 0 unspecified atom stereocenters. The van der Waals surface area contributed by atoms with Crippen LogP contribution in [0, 0.1) is 6.92 Å². The van der Waals surface area contributed by atoms with Crippen LogP contribution in [-0.4, -0.2) is 60.8 Å². The van der Waals surface area contributed by atoms with Crippen LogP contribution in [0.25, 0.3) is 22.0 Å². The van der Waals surface area contributed by atoms with Crippen LogP contribution in [0.5, 0.6) is 0 Å². The molecule has 0 atom stereocenters. The van der Waals surface area contributed by atoms with Gasteiger partial charge in [0, 0.05) is 56.6 Å². The molecule has 4 rings (SSSR count). The van der Waals surface area contributed by atoms with Crippen LogP contribution in [0.1, 0.15) is 15.9 Å². The SMILES string of the molecule is COC(=O)c1cc(-c2ccc(N3CCN(C)CC3)nc2)c2ccn(C)c2c1C. The Bertz CT molecular complexity index is 1020. The number of pyridine rings is 1. The molecule has 1 aliphatic rings. The zero-order valence-corrected chi connectivity index (χ0v) is 16.9. The van der Waals surface area contributed by atoms with Gasteiger partial charge < -0.3 is 19.1 Å². The van der Waals surface area contributed by atoms with Crippen LogP contribution in [0.15, 0.2) is 36.7 Å². The summed E-state index contributed by atoms with van der Waals surface area (Å²) >= 11 is 0. The molecule has 6 nitrogen and oxygen atoms in total. The number of rotatable bonds is 3. The zero-order chi connectivity index (χ0) is 19.8. The standard InChI is InChI=1S/C22H26N4O2/c1-15-18(22(27)28-4)13-19(17-7-8-25(3)21(15)17)16-5-6-20(23-14-16)26-11-9-24(2)10-12-26/h5-8,13-14H,9-12H2,1-4H3. The Kier molecular flexibility index (Phi) is 4.81. The van der Waals surface area contributed by atoms with E-state index in [4.69, 9.17) is 9.72 Å². The number of aryl methyl sites for hydroxylation is 2. The minimum Gasteiger partial charge on any atom is -0.465 e. The van der Waals surface area contributed by atoms with Crippen molar-refractivity contribution in [2.45, 2.75) is 6.92 Å². The maximum atomic E-state index is 12.3. The lowest BCUT2D eigenvalue weighted by Gasteiger charge is -2.33. The van der Waals surface area contributed by atoms with Gasteiger partial charge in [0.05, 0.1) is 18.2 Å². The molecule has 3 heterocycles. The van der Waals surface area contributed by atoms with Gasteiger partial charge in [0.25, 0.3) is 0 Å². The Morgan fingerprint density at radius 3 is 2.50 bits per heavy atom. The van der Waals surface area contributed by atoms with E-state index in [0.29, 0.717) is 5.56 Å². The highest BCUT2D eigenvalue weighted by Crippen LogP contribution is 2.34. The van der Waals surface area contributed by atoms with E-state index in [-0.39, 0.29) is 5.97 Å². The maximum Gasteiger partial charge on any atom is 0.338 e. The third-order valence-electron chi connectivity index (χ3n) is 5.70. The number of ether oxygens (including phenoxy) is 1. The smallest absolute Gasteiger partial charge is 0.338 e. The van der Waals surface area contributed by atoms with E-state index in [1.54, 1.807) is 0 Å². The molecular weight excluding hydrogens is 352 g/mol. The topological polar surface area (TPSA) is 50.6 Å². The Balaban J connectivity index is 1.76. The number of methoxy groups -OCH3 is 1. The van der Waals surface area contributed by atoms with Crippen molar-refractivity contribution < 1.29 is 9.53 Å². The lowest BCUT2D eigenvalue weighted by Crippen LogP contribution is -2.44. The second-order valence-corrected chi connectivity index (χ2v) is 7.47. The normalized spacial score (nSPS) is 15.2. The molecule has 0 radical (unpaired) electrons. The highest BCUT2D eigenvalue weighted by molar-refractivity contribution is 6.04. The first kappa shape index (κ1) is 18.5. The van der Waals surface area contributed by atoms with Crippen molar-refractivity contribution in [3.63, 3.8) is 0 Å². The molecule has 0 bridgehead atoms. The Morgan fingerprint density at radius 1 is 1.11 bits per heavy atom. The minimum atomic E-state index is -0.316. The molecule has 1 saturated heterocycles. The molecular formula is C22H26N4O2. The molecule has 1 aliphatic heterocycles. The molecule has 146 valence electrons. The molecule has 1 fully saturated rings. The number of likely N-dealkylation sites (N-methyl/N-ethyl adjacent to an activating group) is 1. The number of hydrogen-bond donors (Lipinski definition) is 0. The first-order chi connectivity index (χ1) is 13.5. The molecule has 0 spiro atoms. The zero-order valence-electron chi connectivity index (χ0n) is 16.9. The number of carbonyl (C=O) groups excluding carboxylic acids is 1. The number of esters is 1. The molecule has 3 aromatic rings. The summed E-state index contributed by atoms with van der Waals surface area (Å²) in [5.74, 6) is 0.685. The quantitative estimate of drug-likeness (QED) is 0.656. The summed E-state index contributed by atoms with van der Waals surface area (Å²) in [6.45, 7) is 6.04. The number of hydrogen-bond acceptors (Lipinski definition) is 5. The molecule has 0 saturated carbocycles. The minimum absolute atomic E-state index is 0.316. The molecule has 2 aromatic heterocycles. The fraction of sp³-hybridized carbons (Fsp3) is 0.364. The van der Waals surface area contributed by atoms with Crippen molar-refractivity contribution in [3.8, 4) is 11.1 Å². The molecule has 0 amide bonds. The van der Waals surface area contributed by atoms with Gasteiger partial charge in [0.1, 0.15) is 5.82 Å². The van der Waals surface area contributed by atoms with Gasteiger partial charge in [0.15, 0.2) is 0 Å². The van der Waals surface area contributed by atoms with Crippen LogP contribution in [0.2, 0.25) is 0 Å². The second kappa shape index (κ2) is 7.28. The van der Waals surface area contributed by atoms with Crippen LogP contribution < -0.4 is 4.90 Å². The van der Waals surface area contributed by atoms with Gasteiger partial charge in [-0.3, -0.25) is 0 Å². The highest BCUT2D eigenvalue weighted by atomic mass is 16.5. The van der Waals surface area contributed by atoms with Crippen molar-refractivity contribution in [1.29, 1.82) is 0 Å². The van der Waals surface area contributed by atoms with E-state index in [1.165, 1.54) is 7.11 Å². The van der Waals surface area contributed by atoms with Crippen molar-refractivity contribution in [2.75, 3.05) is 45.2 Å². The van der Waals surface area contributed by atoms with Crippen molar-refractivity contribution in [1.82, 2.24) is 14.5 Å². The van der Waals surface area contributed by atoms with E-state index in [0.717, 1.165) is 59.6 Å². The molecule has 1 aromatic carbocycles. The van der Waals surface area contributed by atoms with E-state index >= 15 is 0 Å². The number of nitrogens with zero attached hydrogens (tertiary/aromatic N) is 4. The third-order valence-corrected chi connectivity index (χ3v) is 5.70. The number of aromatic nitrogens is 2. The fourth-order valence-corrected chi connectivity index (χ4v) is 4.00. The summed E-state index contributed by atoms with van der Waals surface area (Å²) in [5, 5.41) is 1.11. The van der Waals surface area contributed by atoms with Crippen molar-refractivity contribution >= 4 is 22.7 Å². The lowest BCUT2D eigenvalue weighted by molar-refractivity contribution is 0.0600. The average molecular weight is 378 g/mol. The summed E-state index contributed by atoms with van der Waals surface area (Å²) in [7, 11) is 5.56. The monoisotopic (exact) mass is 378 g/mol. The van der Waals surface area contributed by atoms with E-state index in [1.807, 2.05) is 37.0 Å². The number of carbonyl (C=O) groups is 1. The molecule has 0 N–H and O–H groups in total. The van der Waals surface area contributed by atoms with Gasteiger partial charge in [-0.1, -0.05) is 0 Å². The van der Waals surface area contributed by atoms with Gasteiger partial charge in [0.2, 0.25) is 0 Å². The summed E-state index contributed by atoms with van der Waals surface area (Å²) in [4.78, 5) is 21.7. The van der Waals surface area contributed by atoms with Gasteiger partial charge >= 0.3 is 5.97 Å². The van der Waals surface area contributed by atoms with Gasteiger partial charge in [-0.2, -0.15) is 0 Å². The number of piperazine rings is 1. The Hall–Kier alpha value is -2.86. The van der Waals surface area contributed by atoms with E-state index in [9.17, 15) is 4.79 Å². The maximum absolute atomic E-state index is 12.3. The highest BCUT2D eigenvalue weighted by Gasteiger charge is 2.19. The van der Waals surface area contributed by atoms with Crippen molar-refractivity contribution in [2.24, 2.45) is 7.05 Å². The average Bonchev–Trinajstić information content (AvgIpc) is 3.11. The van der Waals surface area contributed by atoms with Crippen LogP contribution in [0.3, 0.4) is 0 Å². The first-order valence-electron chi connectivity index (χ1n) is 9.56. The Morgan fingerprint density at radius 2 is 1.86 bits per heavy atom. The molecule has 28 heavy (non-hydrogen) atoms. The van der Waals surface area contributed by atoms with E-state index < -0.39 is 0 Å².